The van der Waals surface area contributed by atoms with Gasteiger partial charge in [0, 0.05) is 5.54 Å². The van der Waals surface area contributed by atoms with E-state index in [1.165, 1.54) is 36.8 Å². The molecule has 1 atom stereocenters. The number of nitrogens with two attached hydrogens (primary N) is 1. The van der Waals surface area contributed by atoms with E-state index < -0.39 is 0 Å². The van der Waals surface area contributed by atoms with Crippen molar-refractivity contribution in [3.8, 4) is 0 Å². The smallest absolute Gasteiger partial charge is 0.0128 e. The van der Waals surface area contributed by atoms with Crippen LogP contribution in [0.25, 0.3) is 0 Å². The van der Waals surface area contributed by atoms with Crippen LogP contribution in [-0.2, 0) is 0 Å². The van der Waals surface area contributed by atoms with Crippen molar-refractivity contribution in [3.05, 3.63) is 23.3 Å². The van der Waals surface area contributed by atoms with Gasteiger partial charge in [0.25, 0.3) is 0 Å². The van der Waals surface area contributed by atoms with Crippen LogP contribution in [0.1, 0.15) is 59.8 Å². The van der Waals surface area contributed by atoms with Gasteiger partial charge in [-0.2, -0.15) is 0 Å². The predicted molar refractivity (Wildman–Crippen MR) is 72.4 cm³/mol. The van der Waals surface area contributed by atoms with Crippen LogP contribution in [0, 0.1) is 5.92 Å². The van der Waals surface area contributed by atoms with Crippen molar-refractivity contribution in [2.45, 2.75) is 65.3 Å². The van der Waals surface area contributed by atoms with E-state index in [2.05, 4.69) is 39.8 Å². The van der Waals surface area contributed by atoms with Gasteiger partial charge in [0.15, 0.2) is 0 Å². The summed E-state index contributed by atoms with van der Waals surface area (Å²) < 4.78 is 0. The summed E-state index contributed by atoms with van der Waals surface area (Å²) in [5, 5.41) is 0. The lowest BCUT2D eigenvalue weighted by atomic mass is 9.80. The normalized spacial score (nSPS) is 31.2. The zero-order valence-electron chi connectivity index (χ0n) is 11.3. The first-order chi connectivity index (χ1) is 7.39. The minimum atomic E-state index is -0.0593. The van der Waals surface area contributed by atoms with E-state index >= 15 is 0 Å². The fourth-order valence-corrected chi connectivity index (χ4v) is 2.29. The molecule has 1 nitrogen and oxygen atoms in total. The van der Waals surface area contributed by atoms with Gasteiger partial charge in [-0.1, -0.05) is 23.3 Å². The van der Waals surface area contributed by atoms with Crippen LogP contribution in [0.4, 0.5) is 0 Å². The largest absolute Gasteiger partial charge is 0.325 e. The van der Waals surface area contributed by atoms with Gasteiger partial charge in [-0.3, -0.25) is 0 Å². The minimum Gasteiger partial charge on any atom is -0.325 e. The van der Waals surface area contributed by atoms with Crippen molar-refractivity contribution in [1.29, 1.82) is 0 Å². The highest BCUT2D eigenvalue weighted by Gasteiger charge is 2.23. The number of hydrogen-bond acceptors (Lipinski definition) is 1. The van der Waals surface area contributed by atoms with Crippen molar-refractivity contribution in [1.82, 2.24) is 0 Å². The van der Waals surface area contributed by atoms with E-state index in [-0.39, 0.29) is 5.54 Å². The minimum absolute atomic E-state index is 0.0593. The maximum atomic E-state index is 6.26. The summed E-state index contributed by atoms with van der Waals surface area (Å²) in [5.74, 6) is 0.601. The SMILES string of the molecule is C/C1=C/C[C@H](C(C)(C)N)CC/C(C)=C\CC1. The Labute approximate surface area is 101 Å². The highest BCUT2D eigenvalue weighted by Crippen LogP contribution is 2.27. The van der Waals surface area contributed by atoms with Gasteiger partial charge in [-0.25, -0.2) is 0 Å². The molecule has 0 fully saturated rings. The molecule has 1 heteroatoms. The Balaban J connectivity index is 2.75. The summed E-state index contributed by atoms with van der Waals surface area (Å²) in [4.78, 5) is 0. The molecular weight excluding hydrogens is 194 g/mol. The summed E-state index contributed by atoms with van der Waals surface area (Å²) in [6.45, 7) is 8.81. The van der Waals surface area contributed by atoms with Gasteiger partial charge in [-0.15, -0.1) is 0 Å². The molecule has 0 aromatic rings. The van der Waals surface area contributed by atoms with Gasteiger partial charge in [0.05, 0.1) is 0 Å². The van der Waals surface area contributed by atoms with Crippen LogP contribution in [-0.4, -0.2) is 5.54 Å². The average Bonchev–Trinajstić information content (AvgIpc) is 2.15. The molecule has 0 bridgehead atoms. The monoisotopic (exact) mass is 221 g/mol. The summed E-state index contributed by atoms with van der Waals surface area (Å²) in [6, 6.07) is 0. The van der Waals surface area contributed by atoms with Crippen molar-refractivity contribution >= 4 is 0 Å². The molecule has 0 saturated carbocycles. The second kappa shape index (κ2) is 5.67. The summed E-state index contributed by atoms with van der Waals surface area (Å²) >= 11 is 0. The molecule has 1 rings (SSSR count). The highest BCUT2D eigenvalue weighted by molar-refractivity contribution is 5.07. The molecule has 0 aromatic carbocycles. The zero-order chi connectivity index (χ0) is 12.2. The zero-order valence-corrected chi connectivity index (χ0v) is 11.3. The number of rotatable bonds is 1. The van der Waals surface area contributed by atoms with Crippen molar-refractivity contribution in [2.75, 3.05) is 0 Å². The lowest BCUT2D eigenvalue weighted by Gasteiger charge is -2.30. The standard InChI is InChI=1S/C15H27N/c1-12-6-5-7-13(2)9-11-14(10-8-12)15(3,4)16/h6,9,14H,5,7-8,10-11,16H2,1-4H3/b12-6-,13-9-/t14-/m1/s1. The third kappa shape index (κ3) is 4.52. The summed E-state index contributed by atoms with van der Waals surface area (Å²) in [6.07, 6.45) is 10.8. The molecule has 0 amide bonds. The van der Waals surface area contributed by atoms with Crippen LogP contribution < -0.4 is 5.73 Å². The number of allylic oxidation sites excluding steroid dienone is 4. The molecule has 0 aliphatic heterocycles. The lowest BCUT2D eigenvalue weighted by molar-refractivity contribution is 0.303. The second-order valence-electron chi connectivity index (χ2n) is 5.93. The molecule has 0 spiro atoms. The van der Waals surface area contributed by atoms with Crippen LogP contribution in [0.2, 0.25) is 0 Å². The molecule has 1 aliphatic rings. The van der Waals surface area contributed by atoms with Crippen LogP contribution >= 0.6 is 0 Å². The molecule has 0 saturated heterocycles. The molecule has 92 valence electrons. The Morgan fingerprint density at radius 3 is 2.38 bits per heavy atom. The van der Waals surface area contributed by atoms with Crippen molar-refractivity contribution < 1.29 is 0 Å². The van der Waals surface area contributed by atoms with Crippen molar-refractivity contribution in [2.24, 2.45) is 11.7 Å². The molecule has 16 heavy (non-hydrogen) atoms. The quantitative estimate of drug-likeness (QED) is 0.660. The predicted octanol–water partition coefficient (Wildman–Crippen LogP) is 4.20. The van der Waals surface area contributed by atoms with Gasteiger partial charge < -0.3 is 5.73 Å². The van der Waals surface area contributed by atoms with Gasteiger partial charge in [0.1, 0.15) is 0 Å². The van der Waals surface area contributed by atoms with Gasteiger partial charge >= 0.3 is 0 Å². The Morgan fingerprint density at radius 2 is 1.75 bits per heavy atom. The Morgan fingerprint density at radius 1 is 1.12 bits per heavy atom. The summed E-state index contributed by atoms with van der Waals surface area (Å²) in [5.41, 5.74) is 9.25. The lowest BCUT2D eigenvalue weighted by Crippen LogP contribution is -2.40. The van der Waals surface area contributed by atoms with E-state index in [0.29, 0.717) is 5.92 Å². The fraction of sp³-hybridized carbons (Fsp3) is 0.733. The average molecular weight is 221 g/mol. The van der Waals surface area contributed by atoms with Gasteiger partial charge in [0.2, 0.25) is 0 Å². The highest BCUT2D eigenvalue weighted by atomic mass is 14.7. The first-order valence-corrected chi connectivity index (χ1v) is 6.49. The maximum absolute atomic E-state index is 6.26. The van der Waals surface area contributed by atoms with Gasteiger partial charge in [-0.05, 0) is 65.7 Å². The first-order valence-electron chi connectivity index (χ1n) is 6.49. The molecular formula is C15H27N. The van der Waals surface area contributed by atoms with Crippen LogP contribution in [0.3, 0.4) is 0 Å². The molecule has 0 radical (unpaired) electrons. The van der Waals surface area contributed by atoms with Crippen LogP contribution in [0.5, 0.6) is 0 Å². The maximum Gasteiger partial charge on any atom is 0.0128 e. The van der Waals surface area contributed by atoms with E-state index in [9.17, 15) is 0 Å². The topological polar surface area (TPSA) is 26.0 Å². The molecule has 0 unspecified atom stereocenters. The Hall–Kier alpha value is -0.560. The van der Waals surface area contributed by atoms with Crippen molar-refractivity contribution in [3.63, 3.8) is 0 Å². The molecule has 1 aliphatic carbocycles. The molecule has 2 N–H and O–H groups in total. The number of hydrogen-bond donors (Lipinski definition) is 1. The molecule has 0 heterocycles. The Bertz CT molecular complexity index is 278. The fourth-order valence-electron chi connectivity index (χ4n) is 2.29. The molecule has 0 aromatic heterocycles. The first kappa shape index (κ1) is 13.5. The van der Waals surface area contributed by atoms with E-state index in [1.807, 2.05) is 0 Å². The Kier molecular flexibility index (Phi) is 4.79. The third-order valence-electron chi connectivity index (χ3n) is 3.72. The van der Waals surface area contributed by atoms with E-state index in [4.69, 9.17) is 5.73 Å². The summed E-state index contributed by atoms with van der Waals surface area (Å²) in [7, 11) is 0. The van der Waals surface area contributed by atoms with E-state index in [0.717, 1.165) is 6.42 Å². The second-order valence-corrected chi connectivity index (χ2v) is 5.93. The third-order valence-corrected chi connectivity index (χ3v) is 3.72. The van der Waals surface area contributed by atoms with Crippen LogP contribution in [0.15, 0.2) is 23.3 Å². The van der Waals surface area contributed by atoms with E-state index in [1.54, 1.807) is 0 Å².